The van der Waals surface area contributed by atoms with E-state index in [4.69, 9.17) is 4.74 Å². The number of nitrogens with zero attached hydrogens (tertiary/aromatic N) is 1. The van der Waals surface area contributed by atoms with Crippen LogP contribution < -0.4 is 4.72 Å². The van der Waals surface area contributed by atoms with Crippen molar-refractivity contribution in [3.05, 3.63) is 11.9 Å². The molecule has 1 aliphatic carbocycles. The molecule has 6 nitrogen and oxygen atoms in total. The molecule has 2 rings (SSSR count). The fraction of sp³-hybridized carbons (Fsp3) is 0.727. The molecule has 0 spiro atoms. The normalized spacial score (nSPS) is 16.1. The van der Waals surface area contributed by atoms with E-state index < -0.39 is 10.0 Å². The summed E-state index contributed by atoms with van der Waals surface area (Å²) in [6.45, 7) is 3.48. The maximum Gasteiger partial charge on any atom is 0.243 e. The van der Waals surface area contributed by atoms with Crippen LogP contribution in [0.3, 0.4) is 0 Å². The molecule has 1 aliphatic rings. The Balaban J connectivity index is 1.67. The molecule has 2 N–H and O–H groups in total. The van der Waals surface area contributed by atoms with Crippen LogP contribution in [0.15, 0.2) is 11.1 Å². The summed E-state index contributed by atoms with van der Waals surface area (Å²) in [4.78, 5) is 0.210. The van der Waals surface area contributed by atoms with Gasteiger partial charge in [-0.05, 0) is 32.1 Å². The van der Waals surface area contributed by atoms with Crippen LogP contribution in [-0.4, -0.2) is 38.4 Å². The maximum absolute atomic E-state index is 11.9. The molecule has 0 unspecified atom stereocenters. The predicted octanol–water partition coefficient (Wildman–Crippen LogP) is 0.813. The second-order valence-electron chi connectivity index (χ2n) is 4.63. The zero-order valence-electron chi connectivity index (χ0n) is 10.5. The molecule has 0 atom stereocenters. The Morgan fingerprint density at radius 3 is 2.94 bits per heavy atom. The minimum atomic E-state index is -3.44. The second kappa shape index (κ2) is 5.81. The van der Waals surface area contributed by atoms with Crippen LogP contribution in [0.1, 0.15) is 25.0 Å². The largest absolute Gasteiger partial charge is 0.381 e. The van der Waals surface area contributed by atoms with Gasteiger partial charge in [-0.25, -0.2) is 13.1 Å². The zero-order valence-corrected chi connectivity index (χ0v) is 11.3. The third-order valence-corrected chi connectivity index (χ3v) is 4.46. The molecule has 1 fully saturated rings. The molecule has 0 amide bonds. The van der Waals surface area contributed by atoms with Crippen molar-refractivity contribution in [2.24, 2.45) is 5.92 Å². The summed E-state index contributed by atoms with van der Waals surface area (Å²) in [5, 5.41) is 6.31. The third kappa shape index (κ3) is 3.79. The van der Waals surface area contributed by atoms with E-state index in [0.717, 1.165) is 12.5 Å². The molecule has 1 saturated carbocycles. The number of sulfonamides is 1. The van der Waals surface area contributed by atoms with Gasteiger partial charge < -0.3 is 4.74 Å². The molecule has 102 valence electrons. The van der Waals surface area contributed by atoms with E-state index >= 15 is 0 Å². The van der Waals surface area contributed by atoms with Gasteiger partial charge in [0, 0.05) is 19.8 Å². The van der Waals surface area contributed by atoms with Crippen molar-refractivity contribution in [1.82, 2.24) is 14.9 Å². The Labute approximate surface area is 107 Å². The average molecular weight is 273 g/mol. The Hall–Kier alpha value is -0.920. The zero-order chi connectivity index (χ0) is 13.0. The van der Waals surface area contributed by atoms with Gasteiger partial charge in [-0.15, -0.1) is 0 Å². The van der Waals surface area contributed by atoms with Crippen molar-refractivity contribution in [3.8, 4) is 0 Å². The minimum absolute atomic E-state index is 0.210. The van der Waals surface area contributed by atoms with Crippen molar-refractivity contribution in [2.75, 3.05) is 19.8 Å². The Morgan fingerprint density at radius 2 is 2.33 bits per heavy atom. The van der Waals surface area contributed by atoms with Crippen LogP contribution in [-0.2, 0) is 14.8 Å². The SMILES string of the molecule is Cc1[nH]ncc1S(=O)(=O)NCCCOCC1CC1. The van der Waals surface area contributed by atoms with Crippen LogP contribution in [0.25, 0.3) is 0 Å². The van der Waals surface area contributed by atoms with Gasteiger partial charge in [-0.3, -0.25) is 5.10 Å². The standard InChI is InChI=1S/C11H19N3O3S/c1-9-11(7-12-14-9)18(15,16)13-5-2-6-17-8-10-3-4-10/h7,10,13H,2-6,8H2,1H3,(H,12,14). The first-order valence-electron chi connectivity index (χ1n) is 6.17. The summed E-state index contributed by atoms with van der Waals surface area (Å²) in [6, 6.07) is 0. The number of rotatable bonds is 8. The monoisotopic (exact) mass is 273 g/mol. The van der Waals surface area contributed by atoms with Crippen molar-refractivity contribution < 1.29 is 13.2 Å². The third-order valence-electron chi connectivity index (χ3n) is 2.88. The molecular formula is C11H19N3O3S. The maximum atomic E-state index is 11.9. The highest BCUT2D eigenvalue weighted by Gasteiger charge is 2.21. The summed E-state index contributed by atoms with van der Waals surface area (Å²) in [5.41, 5.74) is 0.549. The second-order valence-corrected chi connectivity index (χ2v) is 6.36. The van der Waals surface area contributed by atoms with E-state index in [1.165, 1.54) is 19.0 Å². The molecular weight excluding hydrogens is 254 g/mol. The number of aryl methyl sites for hydroxylation is 1. The first kappa shape index (κ1) is 13.5. The fourth-order valence-electron chi connectivity index (χ4n) is 1.60. The van der Waals surface area contributed by atoms with E-state index in [2.05, 4.69) is 14.9 Å². The molecule has 1 aromatic rings. The summed E-state index contributed by atoms with van der Waals surface area (Å²) >= 11 is 0. The van der Waals surface area contributed by atoms with Gasteiger partial charge in [0.15, 0.2) is 0 Å². The van der Waals surface area contributed by atoms with Gasteiger partial charge in [0.25, 0.3) is 0 Å². The van der Waals surface area contributed by atoms with Crippen LogP contribution >= 0.6 is 0 Å². The quantitative estimate of drug-likeness (QED) is 0.687. The Kier molecular flexibility index (Phi) is 4.36. The summed E-state index contributed by atoms with van der Waals surface area (Å²) < 4.78 is 31.7. The van der Waals surface area contributed by atoms with Crippen LogP contribution in [0.5, 0.6) is 0 Å². The molecule has 0 bridgehead atoms. The van der Waals surface area contributed by atoms with Gasteiger partial charge in [-0.1, -0.05) is 0 Å². The number of hydrogen-bond acceptors (Lipinski definition) is 4. The summed E-state index contributed by atoms with van der Waals surface area (Å²) in [5.74, 6) is 0.746. The number of aromatic nitrogens is 2. The van der Waals surface area contributed by atoms with E-state index in [1.807, 2.05) is 0 Å². The van der Waals surface area contributed by atoms with Crippen LogP contribution in [0.4, 0.5) is 0 Å². The topological polar surface area (TPSA) is 84.1 Å². The lowest BCUT2D eigenvalue weighted by atomic mass is 10.4. The van der Waals surface area contributed by atoms with E-state index in [1.54, 1.807) is 6.92 Å². The van der Waals surface area contributed by atoms with E-state index in [9.17, 15) is 8.42 Å². The highest BCUT2D eigenvalue weighted by atomic mass is 32.2. The molecule has 0 radical (unpaired) electrons. The van der Waals surface area contributed by atoms with Gasteiger partial charge in [-0.2, -0.15) is 5.10 Å². The minimum Gasteiger partial charge on any atom is -0.381 e. The van der Waals surface area contributed by atoms with Gasteiger partial charge in [0.2, 0.25) is 10.0 Å². The van der Waals surface area contributed by atoms with Crippen LogP contribution in [0, 0.1) is 12.8 Å². The Morgan fingerprint density at radius 1 is 1.56 bits per heavy atom. The highest BCUT2D eigenvalue weighted by molar-refractivity contribution is 7.89. The highest BCUT2D eigenvalue weighted by Crippen LogP contribution is 2.28. The number of aromatic amines is 1. The summed E-state index contributed by atoms with van der Waals surface area (Å²) in [6.07, 6.45) is 4.54. The molecule has 1 heterocycles. The molecule has 1 aromatic heterocycles. The van der Waals surface area contributed by atoms with Crippen LogP contribution in [0.2, 0.25) is 0 Å². The fourth-order valence-corrected chi connectivity index (χ4v) is 2.81. The van der Waals surface area contributed by atoms with Gasteiger partial charge in [0.1, 0.15) is 4.90 Å². The lowest BCUT2D eigenvalue weighted by molar-refractivity contribution is 0.123. The van der Waals surface area contributed by atoms with Crippen molar-refractivity contribution in [1.29, 1.82) is 0 Å². The first-order chi connectivity index (χ1) is 8.59. The first-order valence-corrected chi connectivity index (χ1v) is 7.65. The predicted molar refractivity (Wildman–Crippen MR) is 66.7 cm³/mol. The molecule has 18 heavy (non-hydrogen) atoms. The molecule has 0 aromatic carbocycles. The van der Waals surface area contributed by atoms with Crippen molar-refractivity contribution >= 4 is 10.0 Å². The summed E-state index contributed by atoms with van der Waals surface area (Å²) in [7, 11) is -3.44. The lowest BCUT2D eigenvalue weighted by Crippen LogP contribution is -2.26. The number of H-pyrrole nitrogens is 1. The molecule has 0 aliphatic heterocycles. The molecule has 7 heteroatoms. The van der Waals surface area contributed by atoms with E-state index in [0.29, 0.717) is 25.3 Å². The molecule has 0 saturated heterocycles. The Bertz CT molecular complexity index is 479. The lowest BCUT2D eigenvalue weighted by Gasteiger charge is -2.06. The smallest absolute Gasteiger partial charge is 0.243 e. The number of ether oxygens (including phenoxy) is 1. The number of nitrogens with one attached hydrogen (secondary N) is 2. The van der Waals surface area contributed by atoms with Crippen molar-refractivity contribution in [2.45, 2.75) is 31.1 Å². The van der Waals surface area contributed by atoms with Gasteiger partial charge >= 0.3 is 0 Å². The number of hydrogen-bond donors (Lipinski definition) is 2. The van der Waals surface area contributed by atoms with Crippen molar-refractivity contribution in [3.63, 3.8) is 0 Å². The van der Waals surface area contributed by atoms with E-state index in [-0.39, 0.29) is 4.90 Å². The van der Waals surface area contributed by atoms with Gasteiger partial charge in [0.05, 0.1) is 11.9 Å². The average Bonchev–Trinajstić information content (AvgIpc) is 3.03.